The van der Waals surface area contributed by atoms with Gasteiger partial charge in [-0.25, -0.2) is 5.43 Å². The van der Waals surface area contributed by atoms with E-state index in [1.807, 2.05) is 0 Å². The smallest absolute Gasteiger partial charge is 0.307 e. The van der Waals surface area contributed by atoms with E-state index >= 15 is 0 Å². The third-order valence-corrected chi connectivity index (χ3v) is 3.21. The van der Waals surface area contributed by atoms with E-state index in [4.69, 9.17) is 4.42 Å². The molecule has 0 bridgehead atoms. The maximum atomic E-state index is 12.0. The fourth-order valence-corrected chi connectivity index (χ4v) is 2.04. The van der Waals surface area contributed by atoms with E-state index < -0.39 is 10.8 Å². The van der Waals surface area contributed by atoms with Gasteiger partial charge in [0.15, 0.2) is 5.76 Å². The maximum absolute atomic E-state index is 12.0. The van der Waals surface area contributed by atoms with Crippen LogP contribution < -0.4 is 5.43 Å². The van der Waals surface area contributed by atoms with Crippen molar-refractivity contribution in [2.45, 2.75) is 0 Å². The van der Waals surface area contributed by atoms with Gasteiger partial charge in [0.2, 0.25) is 0 Å². The van der Waals surface area contributed by atoms with Crippen molar-refractivity contribution in [2.75, 3.05) is 0 Å². The third-order valence-electron chi connectivity index (χ3n) is 3.21. The van der Waals surface area contributed by atoms with Gasteiger partial charge in [0.25, 0.3) is 5.69 Å². The first-order valence-electron chi connectivity index (χ1n) is 6.83. The van der Waals surface area contributed by atoms with Gasteiger partial charge in [0.05, 0.1) is 11.1 Å². The number of hydrogen-bond donors (Lipinski definition) is 2. The Balaban J connectivity index is 1.73. The largest absolute Gasteiger partial charge is 0.508 e. The monoisotopic (exact) mass is 325 g/mol. The number of phenolic OH excluding ortho intramolecular Hbond substituents is 1. The summed E-state index contributed by atoms with van der Waals surface area (Å²) in [4.78, 5) is 22.2. The molecule has 0 aliphatic rings. The van der Waals surface area contributed by atoms with Crippen LogP contribution in [0.15, 0.2) is 58.0 Å². The van der Waals surface area contributed by atoms with Gasteiger partial charge in [0.1, 0.15) is 11.3 Å². The van der Waals surface area contributed by atoms with Gasteiger partial charge in [0, 0.05) is 17.5 Å². The molecule has 3 aromatic rings. The first-order chi connectivity index (χ1) is 11.5. The summed E-state index contributed by atoms with van der Waals surface area (Å²) in [5.41, 5.74) is 3.28. The number of hydrogen-bond acceptors (Lipinski definition) is 6. The van der Waals surface area contributed by atoms with Crippen LogP contribution in [-0.4, -0.2) is 22.2 Å². The summed E-state index contributed by atoms with van der Waals surface area (Å²) in [5.74, 6) is -0.454. The topological polar surface area (TPSA) is 118 Å². The zero-order valence-electron chi connectivity index (χ0n) is 12.2. The van der Waals surface area contributed by atoms with Crippen LogP contribution in [0.25, 0.3) is 11.0 Å². The molecule has 8 heteroatoms. The van der Waals surface area contributed by atoms with E-state index in [0.29, 0.717) is 16.5 Å². The molecule has 0 saturated heterocycles. The number of fused-ring (bicyclic) bond motifs is 1. The lowest BCUT2D eigenvalue weighted by molar-refractivity contribution is -0.384. The quantitative estimate of drug-likeness (QED) is 0.434. The van der Waals surface area contributed by atoms with Crippen molar-refractivity contribution >= 4 is 28.8 Å². The fraction of sp³-hybridized carbons (Fsp3) is 0. The number of nitro groups is 1. The van der Waals surface area contributed by atoms with Gasteiger partial charge in [-0.2, -0.15) is 5.10 Å². The highest BCUT2D eigenvalue weighted by Crippen LogP contribution is 2.24. The standard InChI is InChI=1S/C16H11N3O5/c20-13-4-1-10(2-5-13)9-17-18-16(21)15-8-11-7-12(19(22)23)3-6-14(11)24-15/h1-9,20H,(H,18,21)/b17-9-. The molecule has 0 unspecified atom stereocenters. The Morgan fingerprint density at radius 2 is 1.96 bits per heavy atom. The van der Waals surface area contributed by atoms with Crippen molar-refractivity contribution in [1.82, 2.24) is 5.43 Å². The lowest BCUT2D eigenvalue weighted by atomic mass is 10.2. The summed E-state index contributed by atoms with van der Waals surface area (Å²) >= 11 is 0. The van der Waals surface area contributed by atoms with Crippen molar-refractivity contribution in [3.05, 3.63) is 70.0 Å². The number of amides is 1. The average Bonchev–Trinajstić information content (AvgIpc) is 2.99. The first kappa shape index (κ1) is 15.2. The molecular weight excluding hydrogens is 314 g/mol. The second-order valence-electron chi connectivity index (χ2n) is 4.88. The zero-order valence-corrected chi connectivity index (χ0v) is 12.2. The molecule has 1 aromatic heterocycles. The molecule has 3 rings (SSSR count). The Hall–Kier alpha value is -3.68. The normalized spacial score (nSPS) is 11.0. The number of hydrazone groups is 1. The minimum Gasteiger partial charge on any atom is -0.508 e. The highest BCUT2D eigenvalue weighted by atomic mass is 16.6. The molecule has 24 heavy (non-hydrogen) atoms. The highest BCUT2D eigenvalue weighted by Gasteiger charge is 2.14. The van der Waals surface area contributed by atoms with Gasteiger partial charge in [-0.1, -0.05) is 0 Å². The maximum Gasteiger partial charge on any atom is 0.307 e. The predicted octanol–water partition coefficient (Wildman–Crippen LogP) is 2.81. The molecule has 1 heterocycles. The van der Waals surface area contributed by atoms with E-state index in [-0.39, 0.29) is 17.2 Å². The number of nitrogens with one attached hydrogen (secondary N) is 1. The molecule has 2 N–H and O–H groups in total. The van der Waals surface area contributed by atoms with Crippen molar-refractivity contribution < 1.29 is 19.2 Å². The summed E-state index contributed by atoms with van der Waals surface area (Å²) in [6, 6.07) is 11.7. The number of aromatic hydroxyl groups is 1. The van der Waals surface area contributed by atoms with Gasteiger partial charge < -0.3 is 9.52 Å². The first-order valence-corrected chi connectivity index (χ1v) is 6.83. The van der Waals surface area contributed by atoms with Crippen LogP contribution in [0.5, 0.6) is 5.75 Å². The minimum atomic E-state index is -0.580. The summed E-state index contributed by atoms with van der Waals surface area (Å²) in [6.45, 7) is 0. The Labute approximate surface area is 135 Å². The molecule has 0 aliphatic heterocycles. The number of benzene rings is 2. The Kier molecular flexibility index (Phi) is 3.94. The second-order valence-corrected chi connectivity index (χ2v) is 4.88. The van der Waals surface area contributed by atoms with E-state index in [0.717, 1.165) is 0 Å². The van der Waals surface area contributed by atoms with Crippen molar-refractivity contribution in [2.24, 2.45) is 5.10 Å². The molecule has 1 amide bonds. The average molecular weight is 325 g/mol. The van der Waals surface area contributed by atoms with Gasteiger partial charge in [-0.05, 0) is 42.0 Å². The Morgan fingerprint density at radius 3 is 2.67 bits per heavy atom. The number of carbonyl (C=O) groups is 1. The molecule has 0 radical (unpaired) electrons. The highest BCUT2D eigenvalue weighted by molar-refractivity contribution is 5.97. The van der Waals surface area contributed by atoms with Crippen LogP contribution >= 0.6 is 0 Å². The van der Waals surface area contributed by atoms with Gasteiger partial charge >= 0.3 is 5.91 Å². The Morgan fingerprint density at radius 1 is 1.21 bits per heavy atom. The summed E-state index contributed by atoms with van der Waals surface area (Å²) in [5, 5.41) is 24.2. The van der Waals surface area contributed by atoms with E-state index in [1.165, 1.54) is 42.6 Å². The van der Waals surface area contributed by atoms with E-state index in [9.17, 15) is 20.0 Å². The van der Waals surface area contributed by atoms with Crippen molar-refractivity contribution in [1.29, 1.82) is 0 Å². The molecule has 120 valence electrons. The number of nitro benzene ring substituents is 1. The summed E-state index contributed by atoms with van der Waals surface area (Å²) < 4.78 is 5.34. The number of non-ortho nitro benzene ring substituents is 1. The van der Waals surface area contributed by atoms with E-state index in [1.54, 1.807) is 12.1 Å². The van der Waals surface area contributed by atoms with Gasteiger partial charge in [-0.15, -0.1) is 0 Å². The molecule has 0 saturated carbocycles. The Bertz CT molecular complexity index is 944. The SMILES string of the molecule is O=C(N/N=C\c1ccc(O)cc1)c1cc2cc([N+](=O)[O-])ccc2o1. The molecular formula is C16H11N3O5. The molecule has 2 aromatic carbocycles. The number of nitrogens with zero attached hydrogens (tertiary/aromatic N) is 2. The fourth-order valence-electron chi connectivity index (χ4n) is 2.04. The third kappa shape index (κ3) is 3.22. The molecule has 8 nitrogen and oxygen atoms in total. The number of phenols is 1. The molecule has 0 aliphatic carbocycles. The number of carbonyl (C=O) groups excluding carboxylic acids is 1. The summed E-state index contributed by atoms with van der Waals surface area (Å²) in [6.07, 6.45) is 1.41. The number of rotatable bonds is 4. The lowest BCUT2D eigenvalue weighted by Crippen LogP contribution is -2.16. The van der Waals surface area contributed by atoms with Crippen molar-refractivity contribution in [3.63, 3.8) is 0 Å². The number of furan rings is 1. The zero-order chi connectivity index (χ0) is 17.1. The summed E-state index contributed by atoms with van der Waals surface area (Å²) in [7, 11) is 0. The molecule has 0 atom stereocenters. The lowest BCUT2D eigenvalue weighted by Gasteiger charge is -1.96. The van der Waals surface area contributed by atoms with E-state index in [2.05, 4.69) is 10.5 Å². The van der Waals surface area contributed by atoms with Crippen LogP contribution in [0.4, 0.5) is 5.69 Å². The van der Waals surface area contributed by atoms with Crippen LogP contribution in [-0.2, 0) is 0 Å². The molecule has 0 fully saturated rings. The van der Waals surface area contributed by atoms with Gasteiger partial charge in [-0.3, -0.25) is 14.9 Å². The second kappa shape index (κ2) is 6.21. The van der Waals surface area contributed by atoms with Crippen LogP contribution in [0.2, 0.25) is 0 Å². The van der Waals surface area contributed by atoms with Crippen LogP contribution in [0.1, 0.15) is 16.1 Å². The van der Waals surface area contributed by atoms with Crippen LogP contribution in [0.3, 0.4) is 0 Å². The predicted molar refractivity (Wildman–Crippen MR) is 86.0 cm³/mol. The van der Waals surface area contributed by atoms with Crippen molar-refractivity contribution in [3.8, 4) is 5.75 Å². The molecule has 0 spiro atoms. The van der Waals surface area contributed by atoms with Crippen LogP contribution in [0, 0.1) is 10.1 Å². The minimum absolute atomic E-state index is 0.00615.